The van der Waals surface area contributed by atoms with E-state index < -0.39 is 0 Å². The highest BCUT2D eigenvalue weighted by Gasteiger charge is 2.46. The smallest absolute Gasteiger partial charge is 0.243 e. The van der Waals surface area contributed by atoms with Gasteiger partial charge in [0.1, 0.15) is 5.75 Å². The van der Waals surface area contributed by atoms with E-state index in [4.69, 9.17) is 4.74 Å². The standard InChI is InChI=1S/C13H15NO3S/c1-14-12(15)10(11(18-3)13(14)16)8-4-6-9(17-2)7-5-8/h4-7,10-11H,1-3H3/t10-,11+/m1/s1. The van der Waals surface area contributed by atoms with Crippen LogP contribution in [-0.4, -0.2) is 42.4 Å². The normalized spacial score (nSPS) is 23.6. The minimum absolute atomic E-state index is 0.117. The number of methoxy groups -OCH3 is 1. The number of thioether (sulfide) groups is 1. The van der Waals surface area contributed by atoms with E-state index in [0.717, 1.165) is 11.3 Å². The average Bonchev–Trinajstić information content (AvgIpc) is 2.63. The summed E-state index contributed by atoms with van der Waals surface area (Å²) in [5.74, 6) is 0.103. The van der Waals surface area contributed by atoms with Crippen LogP contribution in [0, 0.1) is 0 Å². The van der Waals surface area contributed by atoms with Crippen molar-refractivity contribution < 1.29 is 14.3 Å². The van der Waals surface area contributed by atoms with Crippen LogP contribution in [-0.2, 0) is 9.59 Å². The van der Waals surface area contributed by atoms with Crippen molar-refractivity contribution >= 4 is 23.6 Å². The number of amides is 2. The molecule has 2 rings (SSSR count). The fourth-order valence-electron chi connectivity index (χ4n) is 2.15. The zero-order chi connectivity index (χ0) is 13.3. The quantitative estimate of drug-likeness (QED) is 0.777. The first-order valence-electron chi connectivity index (χ1n) is 5.58. The zero-order valence-corrected chi connectivity index (χ0v) is 11.4. The molecule has 1 saturated heterocycles. The number of carbonyl (C=O) groups is 2. The van der Waals surface area contributed by atoms with Crippen LogP contribution in [0.3, 0.4) is 0 Å². The Hall–Kier alpha value is -1.49. The SMILES string of the molecule is COc1ccc([C@H]2C(=O)N(C)C(=O)[C@H]2SC)cc1. The van der Waals surface area contributed by atoms with Crippen molar-refractivity contribution in [1.82, 2.24) is 4.90 Å². The molecule has 0 unspecified atom stereocenters. The molecule has 0 aromatic heterocycles. The van der Waals surface area contributed by atoms with Crippen LogP contribution in [0.5, 0.6) is 5.75 Å². The van der Waals surface area contributed by atoms with Crippen molar-refractivity contribution in [2.24, 2.45) is 0 Å². The molecular weight excluding hydrogens is 250 g/mol. The predicted octanol–water partition coefficient (Wildman–Crippen LogP) is 1.51. The minimum Gasteiger partial charge on any atom is -0.497 e. The molecule has 1 heterocycles. The van der Waals surface area contributed by atoms with E-state index in [1.165, 1.54) is 23.7 Å². The number of benzene rings is 1. The van der Waals surface area contributed by atoms with E-state index in [1.807, 2.05) is 30.5 Å². The number of hydrogen-bond donors (Lipinski definition) is 0. The lowest BCUT2D eigenvalue weighted by Gasteiger charge is -2.13. The van der Waals surface area contributed by atoms with Gasteiger partial charge < -0.3 is 4.74 Å². The molecule has 5 heteroatoms. The van der Waals surface area contributed by atoms with Gasteiger partial charge in [0, 0.05) is 7.05 Å². The third kappa shape index (κ3) is 1.99. The van der Waals surface area contributed by atoms with Gasteiger partial charge in [-0.15, -0.1) is 0 Å². The van der Waals surface area contributed by atoms with Crippen molar-refractivity contribution in [3.8, 4) is 5.75 Å². The molecule has 0 saturated carbocycles. The highest BCUT2D eigenvalue weighted by molar-refractivity contribution is 8.00. The molecule has 18 heavy (non-hydrogen) atoms. The Morgan fingerprint density at radius 2 is 1.78 bits per heavy atom. The summed E-state index contributed by atoms with van der Waals surface area (Å²) in [4.78, 5) is 25.2. The highest BCUT2D eigenvalue weighted by Crippen LogP contribution is 2.36. The summed E-state index contributed by atoms with van der Waals surface area (Å²) in [5.41, 5.74) is 0.859. The molecule has 0 bridgehead atoms. The van der Waals surface area contributed by atoms with Gasteiger partial charge in [-0.2, -0.15) is 11.8 Å². The molecule has 2 amide bonds. The second-order valence-electron chi connectivity index (χ2n) is 4.14. The number of hydrogen-bond acceptors (Lipinski definition) is 4. The third-order valence-corrected chi connectivity index (χ3v) is 4.18. The van der Waals surface area contributed by atoms with Gasteiger partial charge in [0.05, 0.1) is 18.3 Å². The third-order valence-electron chi connectivity index (χ3n) is 3.20. The van der Waals surface area contributed by atoms with E-state index in [2.05, 4.69) is 0 Å². The Morgan fingerprint density at radius 3 is 2.28 bits per heavy atom. The highest BCUT2D eigenvalue weighted by atomic mass is 32.2. The van der Waals surface area contributed by atoms with Crippen molar-refractivity contribution in [3.05, 3.63) is 29.8 Å². The number of ether oxygens (including phenoxy) is 1. The van der Waals surface area contributed by atoms with Crippen molar-refractivity contribution in [3.63, 3.8) is 0 Å². The van der Waals surface area contributed by atoms with Crippen LogP contribution in [0.15, 0.2) is 24.3 Å². The van der Waals surface area contributed by atoms with E-state index in [1.54, 1.807) is 7.11 Å². The molecule has 4 nitrogen and oxygen atoms in total. The number of likely N-dealkylation sites (N-methyl/N-ethyl adjacent to an activating group) is 1. The number of carbonyl (C=O) groups excluding carboxylic acids is 2. The van der Waals surface area contributed by atoms with Gasteiger partial charge >= 0.3 is 0 Å². The summed E-state index contributed by atoms with van der Waals surface area (Å²) in [7, 11) is 3.13. The van der Waals surface area contributed by atoms with Gasteiger partial charge in [-0.05, 0) is 24.0 Å². The lowest BCUT2D eigenvalue weighted by molar-refractivity contribution is -0.136. The van der Waals surface area contributed by atoms with Gasteiger partial charge in [-0.1, -0.05) is 12.1 Å². The first-order chi connectivity index (χ1) is 8.60. The number of nitrogens with zero attached hydrogens (tertiary/aromatic N) is 1. The Labute approximate surface area is 110 Å². The Balaban J connectivity index is 2.35. The fraction of sp³-hybridized carbons (Fsp3) is 0.385. The molecule has 2 atom stereocenters. The first kappa shape index (κ1) is 13.0. The first-order valence-corrected chi connectivity index (χ1v) is 6.87. The molecule has 1 aromatic rings. The summed E-state index contributed by atoms with van der Waals surface area (Å²) < 4.78 is 5.09. The molecule has 1 aromatic carbocycles. The summed E-state index contributed by atoms with van der Waals surface area (Å²) in [6, 6.07) is 7.31. The van der Waals surface area contributed by atoms with Crippen LogP contribution < -0.4 is 4.74 Å². The summed E-state index contributed by atoms with van der Waals surface area (Å²) >= 11 is 1.42. The Bertz CT molecular complexity index is 472. The molecule has 1 aliphatic rings. The maximum absolute atomic E-state index is 12.1. The number of imide groups is 1. The van der Waals surface area contributed by atoms with E-state index in [9.17, 15) is 9.59 Å². The van der Waals surface area contributed by atoms with Gasteiger partial charge in [-0.3, -0.25) is 14.5 Å². The van der Waals surface area contributed by atoms with Gasteiger partial charge in [0.2, 0.25) is 11.8 Å². The maximum atomic E-state index is 12.1. The van der Waals surface area contributed by atoms with Gasteiger partial charge in [0.25, 0.3) is 0 Å². The zero-order valence-electron chi connectivity index (χ0n) is 10.5. The monoisotopic (exact) mass is 265 g/mol. The van der Waals surface area contributed by atoms with Gasteiger partial charge in [-0.25, -0.2) is 0 Å². The van der Waals surface area contributed by atoms with Crippen LogP contribution in [0.1, 0.15) is 11.5 Å². The molecule has 1 aliphatic heterocycles. The lowest BCUT2D eigenvalue weighted by atomic mass is 9.97. The lowest BCUT2D eigenvalue weighted by Crippen LogP contribution is -2.26. The Morgan fingerprint density at radius 1 is 1.17 bits per heavy atom. The molecule has 0 spiro atoms. The molecule has 0 N–H and O–H groups in total. The van der Waals surface area contributed by atoms with Crippen LogP contribution in [0.2, 0.25) is 0 Å². The molecule has 0 radical (unpaired) electrons. The largest absolute Gasteiger partial charge is 0.497 e. The van der Waals surface area contributed by atoms with E-state index >= 15 is 0 Å². The van der Waals surface area contributed by atoms with E-state index in [0.29, 0.717) is 0 Å². The number of rotatable bonds is 3. The average molecular weight is 265 g/mol. The predicted molar refractivity (Wildman–Crippen MR) is 70.8 cm³/mol. The van der Waals surface area contributed by atoms with Crippen LogP contribution in [0.25, 0.3) is 0 Å². The van der Waals surface area contributed by atoms with Crippen molar-refractivity contribution in [2.75, 3.05) is 20.4 Å². The van der Waals surface area contributed by atoms with Gasteiger partial charge in [0.15, 0.2) is 0 Å². The summed E-state index contributed by atoms with van der Waals surface area (Å²) in [5, 5.41) is -0.323. The summed E-state index contributed by atoms with van der Waals surface area (Å²) in [6.07, 6.45) is 1.85. The topological polar surface area (TPSA) is 46.6 Å². The van der Waals surface area contributed by atoms with E-state index in [-0.39, 0.29) is 23.0 Å². The Kier molecular flexibility index (Phi) is 3.61. The minimum atomic E-state index is -0.386. The second kappa shape index (κ2) is 5.02. The molecule has 0 aliphatic carbocycles. The molecule has 1 fully saturated rings. The fourth-order valence-corrected chi connectivity index (χ4v) is 3.05. The van der Waals surface area contributed by atoms with Crippen LogP contribution in [0.4, 0.5) is 0 Å². The van der Waals surface area contributed by atoms with Crippen molar-refractivity contribution in [1.29, 1.82) is 0 Å². The maximum Gasteiger partial charge on any atom is 0.243 e. The summed E-state index contributed by atoms with van der Waals surface area (Å²) in [6.45, 7) is 0. The second-order valence-corrected chi connectivity index (χ2v) is 5.12. The molecule has 96 valence electrons. The molecular formula is C13H15NO3S. The van der Waals surface area contributed by atoms with Crippen molar-refractivity contribution in [2.45, 2.75) is 11.2 Å². The van der Waals surface area contributed by atoms with Crippen LogP contribution >= 0.6 is 11.8 Å². The number of likely N-dealkylation sites (tertiary alicyclic amines) is 1.